The molecule has 1 aliphatic rings. The number of aromatic nitrogens is 2. The molecule has 1 aliphatic heterocycles. The lowest BCUT2D eigenvalue weighted by molar-refractivity contribution is -0.159. The molecule has 4 N–H and O–H groups in total. The summed E-state index contributed by atoms with van der Waals surface area (Å²) in [5.41, 5.74) is -3.91. The molecule has 0 bridgehead atoms. The predicted octanol–water partition coefficient (Wildman–Crippen LogP) is 2.57. The topological polar surface area (TPSA) is 142 Å². The Hall–Kier alpha value is -1.81. The normalized spacial score (nSPS) is 24.5. The Kier molecular flexibility index (Phi) is 12.2. The first-order valence-corrected chi connectivity index (χ1v) is 12.9. The number of Topliss-reactive ketones (excluding diaryl/α,β-unsaturated/α-hetero) is 1. The number of rotatable bonds is 17. The van der Waals surface area contributed by atoms with Gasteiger partial charge in [-0.15, -0.1) is 0 Å². The molecule has 0 radical (unpaired) electrons. The summed E-state index contributed by atoms with van der Waals surface area (Å²) in [5, 5.41) is 31.1. The van der Waals surface area contributed by atoms with Crippen LogP contribution in [0.25, 0.3) is 0 Å². The van der Waals surface area contributed by atoms with E-state index in [1.807, 2.05) is 4.98 Å². The molecular formula is C25H42N2O7. The number of nitrogens with zero attached hydrogens (tertiary/aromatic N) is 1. The van der Waals surface area contributed by atoms with Crippen LogP contribution >= 0.6 is 0 Å². The van der Waals surface area contributed by atoms with Gasteiger partial charge in [0.2, 0.25) is 0 Å². The zero-order valence-corrected chi connectivity index (χ0v) is 20.4. The van der Waals surface area contributed by atoms with Crippen LogP contribution < -0.4 is 11.2 Å². The van der Waals surface area contributed by atoms with Crippen molar-refractivity contribution in [2.75, 3.05) is 6.61 Å². The third-order valence-corrected chi connectivity index (χ3v) is 6.72. The number of aliphatic hydroxyl groups excluding tert-OH is 2. The maximum atomic E-state index is 12.9. The van der Waals surface area contributed by atoms with Crippen molar-refractivity contribution in [3.8, 4) is 0 Å². The highest BCUT2D eigenvalue weighted by Crippen LogP contribution is 2.39. The van der Waals surface area contributed by atoms with Gasteiger partial charge in [0.25, 0.3) is 5.56 Å². The fraction of sp³-hybridized carbons (Fsp3) is 0.800. The third kappa shape index (κ3) is 7.60. The van der Waals surface area contributed by atoms with Crippen molar-refractivity contribution in [2.45, 2.75) is 121 Å². The lowest BCUT2D eigenvalue weighted by Gasteiger charge is -2.30. The standard InChI is InChI=1S/C25H42N2O7/c1-2-3-4-5-6-7-8-9-10-11-12-13-14-15-20(29)25(33)22(31)19(18-28)34-23(25)27-17-16-21(30)26-24(27)32/h16-17,19,22-23,28,31,33H,2-15,18H2,1H3,(H,26,30,32)/t19-,22-,23-,25-/m1/s1. The number of hydrogen-bond acceptors (Lipinski definition) is 7. The van der Waals surface area contributed by atoms with E-state index < -0.39 is 47.7 Å². The van der Waals surface area contributed by atoms with Gasteiger partial charge in [-0.2, -0.15) is 0 Å². The second-order valence-electron chi connectivity index (χ2n) is 9.41. The lowest BCUT2D eigenvalue weighted by Crippen LogP contribution is -2.54. The molecule has 1 aromatic heterocycles. The minimum absolute atomic E-state index is 0.0153. The Bertz CT molecular complexity index is 852. The molecule has 0 aliphatic carbocycles. The molecule has 0 aromatic carbocycles. The molecule has 0 amide bonds. The highest BCUT2D eigenvalue weighted by Gasteiger charge is 2.60. The van der Waals surface area contributed by atoms with Gasteiger partial charge in [0.15, 0.2) is 17.6 Å². The number of nitrogens with one attached hydrogen (secondary N) is 1. The van der Waals surface area contributed by atoms with Crippen molar-refractivity contribution in [3.63, 3.8) is 0 Å². The number of aromatic amines is 1. The number of aliphatic hydroxyl groups is 3. The van der Waals surface area contributed by atoms with Gasteiger partial charge in [0, 0.05) is 18.7 Å². The zero-order chi connectivity index (χ0) is 25.0. The van der Waals surface area contributed by atoms with E-state index in [9.17, 15) is 29.7 Å². The van der Waals surface area contributed by atoms with E-state index in [-0.39, 0.29) is 6.42 Å². The quantitative estimate of drug-likeness (QED) is 0.250. The second kappa shape index (κ2) is 14.6. The number of carbonyl (C=O) groups is 1. The van der Waals surface area contributed by atoms with Gasteiger partial charge < -0.3 is 20.1 Å². The molecule has 34 heavy (non-hydrogen) atoms. The Labute approximate surface area is 201 Å². The van der Waals surface area contributed by atoms with Gasteiger partial charge in [-0.1, -0.05) is 84.0 Å². The highest BCUT2D eigenvalue weighted by atomic mass is 16.6. The minimum atomic E-state index is -2.40. The van der Waals surface area contributed by atoms with Crippen LogP contribution in [0, 0.1) is 0 Å². The van der Waals surface area contributed by atoms with Crippen molar-refractivity contribution in [2.24, 2.45) is 0 Å². The molecule has 2 heterocycles. The first-order chi connectivity index (χ1) is 16.4. The molecule has 2 rings (SSSR count). The molecule has 1 saturated heterocycles. The van der Waals surface area contributed by atoms with Crippen LogP contribution in [0.4, 0.5) is 0 Å². The van der Waals surface area contributed by atoms with Crippen molar-refractivity contribution < 1.29 is 24.9 Å². The van der Waals surface area contributed by atoms with Crippen LogP contribution in [-0.4, -0.2) is 55.1 Å². The largest absolute Gasteiger partial charge is 0.394 e. The van der Waals surface area contributed by atoms with Crippen molar-refractivity contribution in [1.82, 2.24) is 9.55 Å². The number of unbranched alkanes of at least 4 members (excludes halogenated alkanes) is 12. The van der Waals surface area contributed by atoms with E-state index in [4.69, 9.17) is 4.74 Å². The molecule has 0 spiro atoms. The molecule has 9 heteroatoms. The highest BCUT2D eigenvalue weighted by molar-refractivity contribution is 5.88. The molecule has 1 fully saturated rings. The summed E-state index contributed by atoms with van der Waals surface area (Å²) < 4.78 is 6.32. The first kappa shape index (κ1) is 28.4. The molecule has 194 valence electrons. The summed E-state index contributed by atoms with van der Waals surface area (Å²) in [4.78, 5) is 38.5. The molecule has 0 saturated carbocycles. The molecule has 9 nitrogen and oxygen atoms in total. The monoisotopic (exact) mass is 482 g/mol. The third-order valence-electron chi connectivity index (χ3n) is 6.72. The fourth-order valence-electron chi connectivity index (χ4n) is 4.61. The summed E-state index contributed by atoms with van der Waals surface area (Å²) in [6.07, 6.45) is 11.7. The molecule has 4 atom stereocenters. The van der Waals surface area contributed by atoms with Crippen LogP contribution in [0.2, 0.25) is 0 Å². The Balaban J connectivity index is 1.76. The van der Waals surface area contributed by atoms with E-state index in [0.29, 0.717) is 6.42 Å². The summed E-state index contributed by atoms with van der Waals surface area (Å²) in [7, 11) is 0. The van der Waals surface area contributed by atoms with Crippen molar-refractivity contribution in [3.05, 3.63) is 33.1 Å². The van der Waals surface area contributed by atoms with Gasteiger partial charge in [0.1, 0.15) is 12.2 Å². The molecule has 1 aromatic rings. The Morgan fingerprint density at radius 3 is 2.03 bits per heavy atom. The second-order valence-corrected chi connectivity index (χ2v) is 9.41. The maximum absolute atomic E-state index is 12.9. The van der Waals surface area contributed by atoms with Crippen LogP contribution in [0.3, 0.4) is 0 Å². The van der Waals surface area contributed by atoms with E-state index >= 15 is 0 Å². The van der Waals surface area contributed by atoms with Gasteiger partial charge in [-0.25, -0.2) is 4.79 Å². The Morgan fingerprint density at radius 1 is 1.00 bits per heavy atom. The Morgan fingerprint density at radius 2 is 1.53 bits per heavy atom. The summed E-state index contributed by atoms with van der Waals surface area (Å²) >= 11 is 0. The smallest absolute Gasteiger partial charge is 0.330 e. The average Bonchev–Trinajstić information content (AvgIpc) is 3.08. The number of H-pyrrole nitrogens is 1. The maximum Gasteiger partial charge on any atom is 0.330 e. The van der Waals surface area contributed by atoms with Crippen molar-refractivity contribution in [1.29, 1.82) is 0 Å². The van der Waals surface area contributed by atoms with E-state index in [2.05, 4.69) is 6.92 Å². The molecule has 0 unspecified atom stereocenters. The number of ether oxygens (including phenoxy) is 1. The van der Waals surface area contributed by atoms with Gasteiger partial charge in [0.05, 0.1) is 6.61 Å². The van der Waals surface area contributed by atoms with Crippen LogP contribution in [0.5, 0.6) is 0 Å². The summed E-state index contributed by atoms with van der Waals surface area (Å²) in [5.74, 6) is -0.651. The van der Waals surface area contributed by atoms with Crippen molar-refractivity contribution >= 4 is 5.78 Å². The minimum Gasteiger partial charge on any atom is -0.394 e. The van der Waals surface area contributed by atoms with E-state index in [0.717, 1.165) is 36.1 Å². The van der Waals surface area contributed by atoms with Gasteiger partial charge in [-0.3, -0.25) is 19.1 Å². The SMILES string of the molecule is CCCCCCCCCCCCCCCC(=O)[C@@]1(O)[C@H](O)[C@@H](CO)O[C@H]1n1ccc(=O)[nH]c1=O. The first-order valence-electron chi connectivity index (χ1n) is 12.9. The fourth-order valence-corrected chi connectivity index (χ4v) is 4.61. The van der Waals surface area contributed by atoms with Gasteiger partial charge in [-0.05, 0) is 6.42 Å². The number of carbonyl (C=O) groups excluding carboxylic acids is 1. The average molecular weight is 483 g/mol. The summed E-state index contributed by atoms with van der Waals surface area (Å²) in [6.45, 7) is 1.59. The summed E-state index contributed by atoms with van der Waals surface area (Å²) in [6, 6.07) is 1.06. The zero-order valence-electron chi connectivity index (χ0n) is 20.4. The predicted molar refractivity (Wildman–Crippen MR) is 129 cm³/mol. The van der Waals surface area contributed by atoms with Crippen LogP contribution in [0.1, 0.15) is 103 Å². The van der Waals surface area contributed by atoms with Crippen LogP contribution in [0.15, 0.2) is 21.9 Å². The van der Waals surface area contributed by atoms with E-state index in [1.54, 1.807) is 0 Å². The molecular weight excluding hydrogens is 440 g/mol. The van der Waals surface area contributed by atoms with Gasteiger partial charge >= 0.3 is 5.69 Å². The number of ketones is 1. The van der Waals surface area contributed by atoms with E-state index in [1.165, 1.54) is 57.8 Å². The van der Waals surface area contributed by atoms with Crippen LogP contribution in [-0.2, 0) is 9.53 Å². The lowest BCUT2D eigenvalue weighted by atomic mass is 9.86. The number of hydrogen-bond donors (Lipinski definition) is 4.